The van der Waals surface area contributed by atoms with Crippen molar-refractivity contribution in [2.24, 2.45) is 0 Å². The van der Waals surface area contributed by atoms with Gasteiger partial charge in [0.1, 0.15) is 0 Å². The maximum absolute atomic E-state index is 6.30. The summed E-state index contributed by atoms with van der Waals surface area (Å²) in [6.45, 7) is 1.62. The Kier molecular flexibility index (Phi) is 6.48. The monoisotopic (exact) mass is 479 g/mol. The predicted octanol–water partition coefficient (Wildman–Crippen LogP) is 4.97. The zero-order valence-corrected chi connectivity index (χ0v) is 19.6. The van der Waals surface area contributed by atoms with Gasteiger partial charge in [-0.3, -0.25) is 14.5 Å². The molecule has 1 aliphatic rings. The summed E-state index contributed by atoms with van der Waals surface area (Å²) in [6.07, 6.45) is 3.60. The van der Waals surface area contributed by atoms with Gasteiger partial charge in [0.2, 0.25) is 6.79 Å². The Bertz CT molecular complexity index is 1250. The van der Waals surface area contributed by atoms with Gasteiger partial charge < -0.3 is 9.47 Å². The lowest BCUT2D eigenvalue weighted by molar-refractivity contribution is 0.174. The van der Waals surface area contributed by atoms with Crippen LogP contribution in [0.5, 0.6) is 11.5 Å². The summed E-state index contributed by atoms with van der Waals surface area (Å²) in [6, 6.07) is 17.8. The van der Waals surface area contributed by atoms with E-state index in [9.17, 15) is 0 Å². The topological polar surface area (TPSA) is 65.3 Å². The van der Waals surface area contributed by atoms with Crippen molar-refractivity contribution in [1.29, 1.82) is 0 Å². The number of thioether (sulfide) groups is 1. The lowest BCUT2D eigenvalue weighted by Crippen LogP contribution is -2.20. The molecule has 0 N–H and O–H groups in total. The van der Waals surface area contributed by atoms with Gasteiger partial charge in [0.05, 0.1) is 12.2 Å². The molecule has 0 aliphatic carbocycles. The van der Waals surface area contributed by atoms with Crippen LogP contribution < -0.4 is 9.47 Å². The molecule has 0 saturated heterocycles. The van der Waals surface area contributed by atoms with Crippen molar-refractivity contribution in [3.05, 3.63) is 89.0 Å². The molecule has 0 unspecified atom stereocenters. The summed E-state index contributed by atoms with van der Waals surface area (Å²) in [5, 5.41) is 10.5. The van der Waals surface area contributed by atoms with Gasteiger partial charge in [-0.1, -0.05) is 35.5 Å². The Hall–Kier alpha value is -3.07. The van der Waals surface area contributed by atoms with E-state index in [0.717, 1.165) is 46.0 Å². The third-order valence-electron chi connectivity index (χ3n) is 5.18. The van der Waals surface area contributed by atoms with Gasteiger partial charge >= 0.3 is 0 Å². The molecule has 0 fully saturated rings. The normalized spacial score (nSPS) is 12.5. The van der Waals surface area contributed by atoms with Crippen LogP contribution in [0.4, 0.5) is 0 Å². The largest absolute Gasteiger partial charge is 0.454 e. The first-order valence-corrected chi connectivity index (χ1v) is 11.8. The van der Waals surface area contributed by atoms with Crippen LogP contribution in [0.25, 0.3) is 5.69 Å². The highest BCUT2D eigenvalue weighted by atomic mass is 35.5. The molecule has 3 heterocycles. The number of rotatable bonds is 8. The molecule has 0 saturated carbocycles. The van der Waals surface area contributed by atoms with Crippen LogP contribution in [0.2, 0.25) is 5.02 Å². The maximum atomic E-state index is 6.30. The molecule has 0 spiro atoms. The summed E-state index contributed by atoms with van der Waals surface area (Å²) >= 11 is 7.93. The standard InChI is InChI=1S/C24H22ClN5O2S/c1-29(13-18-5-6-21-22(11-18)32-16-31-21)14-23-27-28-24(33-15-17-7-9-26-10-8-17)30(23)20-4-2-3-19(25)12-20/h2-12H,13-16H2,1H3. The highest BCUT2D eigenvalue weighted by molar-refractivity contribution is 7.98. The fourth-order valence-electron chi connectivity index (χ4n) is 3.65. The minimum absolute atomic E-state index is 0.275. The van der Waals surface area contributed by atoms with Gasteiger partial charge in [-0.25, -0.2) is 0 Å². The lowest BCUT2D eigenvalue weighted by atomic mass is 10.2. The molecule has 168 valence electrons. The molecular formula is C24H22ClN5O2S. The van der Waals surface area contributed by atoms with Crippen LogP contribution in [0.1, 0.15) is 17.0 Å². The van der Waals surface area contributed by atoms with Crippen molar-refractivity contribution < 1.29 is 9.47 Å². The Morgan fingerprint density at radius 1 is 0.970 bits per heavy atom. The summed E-state index contributed by atoms with van der Waals surface area (Å²) in [4.78, 5) is 6.28. The molecule has 2 aromatic carbocycles. The first kappa shape index (κ1) is 21.8. The van der Waals surface area contributed by atoms with Crippen molar-refractivity contribution in [2.75, 3.05) is 13.8 Å². The SMILES string of the molecule is CN(Cc1ccc2c(c1)OCO2)Cc1nnc(SCc2ccncc2)n1-c1cccc(Cl)c1. The molecule has 33 heavy (non-hydrogen) atoms. The van der Waals surface area contributed by atoms with Gasteiger partial charge in [-0.15, -0.1) is 10.2 Å². The number of hydrogen-bond acceptors (Lipinski definition) is 7. The number of fused-ring (bicyclic) bond motifs is 1. The van der Waals surface area contributed by atoms with Crippen LogP contribution >= 0.6 is 23.4 Å². The van der Waals surface area contributed by atoms with E-state index in [0.29, 0.717) is 11.6 Å². The lowest BCUT2D eigenvalue weighted by Gasteiger charge is -2.18. The number of hydrogen-bond donors (Lipinski definition) is 0. The number of ether oxygens (including phenoxy) is 2. The summed E-state index contributed by atoms with van der Waals surface area (Å²) < 4.78 is 13.0. The molecule has 0 atom stereocenters. The van der Waals surface area contributed by atoms with Crippen molar-refractivity contribution in [1.82, 2.24) is 24.6 Å². The molecule has 4 aromatic rings. The van der Waals surface area contributed by atoms with Crippen LogP contribution in [0.15, 0.2) is 72.1 Å². The molecule has 5 rings (SSSR count). The fourth-order valence-corrected chi connectivity index (χ4v) is 4.76. The predicted molar refractivity (Wildman–Crippen MR) is 128 cm³/mol. The van der Waals surface area contributed by atoms with E-state index in [1.165, 1.54) is 5.56 Å². The average molecular weight is 480 g/mol. The van der Waals surface area contributed by atoms with Crippen LogP contribution in [-0.2, 0) is 18.8 Å². The Balaban J connectivity index is 1.37. The van der Waals surface area contributed by atoms with E-state index in [-0.39, 0.29) is 6.79 Å². The van der Waals surface area contributed by atoms with Crippen LogP contribution in [0, 0.1) is 0 Å². The van der Waals surface area contributed by atoms with Gasteiger partial charge in [-0.05, 0) is 60.6 Å². The zero-order valence-electron chi connectivity index (χ0n) is 18.0. The smallest absolute Gasteiger partial charge is 0.231 e. The molecular weight excluding hydrogens is 458 g/mol. The fraction of sp³-hybridized carbons (Fsp3) is 0.208. The number of pyridine rings is 1. The third kappa shape index (κ3) is 5.13. The van der Waals surface area contributed by atoms with Crippen LogP contribution in [-0.4, -0.2) is 38.5 Å². The number of halogens is 1. The molecule has 2 aromatic heterocycles. The van der Waals surface area contributed by atoms with E-state index in [1.807, 2.05) is 48.5 Å². The second-order valence-corrected chi connectivity index (χ2v) is 9.10. The second kappa shape index (κ2) is 9.82. The highest BCUT2D eigenvalue weighted by Crippen LogP contribution is 2.33. The second-order valence-electron chi connectivity index (χ2n) is 7.72. The first-order valence-electron chi connectivity index (χ1n) is 10.4. The highest BCUT2D eigenvalue weighted by Gasteiger charge is 2.18. The average Bonchev–Trinajstić information content (AvgIpc) is 3.45. The van der Waals surface area contributed by atoms with Gasteiger partial charge in [0.25, 0.3) is 0 Å². The van der Waals surface area contributed by atoms with Gasteiger partial charge in [-0.2, -0.15) is 0 Å². The summed E-state index contributed by atoms with van der Waals surface area (Å²) in [5.74, 6) is 3.20. The Labute approximate surface area is 201 Å². The van der Waals surface area contributed by atoms with Gasteiger partial charge in [0, 0.05) is 29.7 Å². The molecule has 9 heteroatoms. The number of aromatic nitrogens is 4. The van der Waals surface area contributed by atoms with E-state index in [4.69, 9.17) is 21.1 Å². The van der Waals surface area contributed by atoms with E-state index in [1.54, 1.807) is 24.2 Å². The summed E-state index contributed by atoms with van der Waals surface area (Å²) in [7, 11) is 2.06. The van der Waals surface area contributed by atoms with Crippen molar-refractivity contribution >= 4 is 23.4 Å². The van der Waals surface area contributed by atoms with E-state index >= 15 is 0 Å². The Morgan fingerprint density at radius 3 is 2.67 bits per heavy atom. The molecule has 0 amide bonds. The zero-order chi connectivity index (χ0) is 22.6. The quantitative estimate of drug-likeness (QED) is 0.330. The van der Waals surface area contributed by atoms with Crippen molar-refractivity contribution in [2.45, 2.75) is 24.0 Å². The molecule has 7 nitrogen and oxygen atoms in total. The number of benzene rings is 2. The minimum Gasteiger partial charge on any atom is -0.454 e. The molecule has 0 radical (unpaired) electrons. The third-order valence-corrected chi connectivity index (χ3v) is 6.42. The molecule has 0 bridgehead atoms. The summed E-state index contributed by atoms with van der Waals surface area (Å²) in [5.41, 5.74) is 3.26. The molecule has 1 aliphatic heterocycles. The van der Waals surface area contributed by atoms with Crippen LogP contribution in [0.3, 0.4) is 0 Å². The van der Waals surface area contributed by atoms with Gasteiger partial charge in [0.15, 0.2) is 22.5 Å². The maximum Gasteiger partial charge on any atom is 0.231 e. The number of nitrogens with zero attached hydrogens (tertiary/aromatic N) is 5. The first-order chi connectivity index (χ1) is 16.2. The van der Waals surface area contributed by atoms with E-state index in [2.05, 4.69) is 37.8 Å². The van der Waals surface area contributed by atoms with E-state index < -0.39 is 0 Å². The minimum atomic E-state index is 0.275. The van der Waals surface area contributed by atoms with Crippen molar-refractivity contribution in [3.8, 4) is 17.2 Å². The Morgan fingerprint density at radius 2 is 1.82 bits per heavy atom. The van der Waals surface area contributed by atoms with Crippen molar-refractivity contribution in [3.63, 3.8) is 0 Å².